The zero-order valence-electron chi connectivity index (χ0n) is 7.89. The van der Waals surface area contributed by atoms with Crippen molar-refractivity contribution in [3.05, 3.63) is 5.53 Å². The van der Waals surface area contributed by atoms with Crippen molar-refractivity contribution in [1.29, 1.82) is 0 Å². The third kappa shape index (κ3) is 1.97. The molecule has 1 aliphatic heterocycles. The van der Waals surface area contributed by atoms with Crippen LogP contribution < -0.4 is 0 Å². The van der Waals surface area contributed by atoms with Crippen LogP contribution in [0.25, 0.3) is 5.53 Å². The lowest BCUT2D eigenvalue weighted by Gasteiger charge is -2.19. The maximum absolute atomic E-state index is 11.1. The van der Waals surface area contributed by atoms with Crippen LogP contribution in [0.3, 0.4) is 0 Å². The number of hydrogen-bond donors (Lipinski definition) is 0. The van der Waals surface area contributed by atoms with E-state index in [0.29, 0.717) is 6.21 Å². The van der Waals surface area contributed by atoms with E-state index in [1.165, 1.54) is 0 Å². The molecule has 0 radical (unpaired) electrons. The van der Waals surface area contributed by atoms with Gasteiger partial charge in [-0.15, -0.1) is 0 Å². The van der Waals surface area contributed by atoms with Crippen molar-refractivity contribution >= 4 is 18.2 Å². The van der Waals surface area contributed by atoms with Crippen molar-refractivity contribution in [3.8, 4) is 0 Å². The third-order valence-electron chi connectivity index (χ3n) is 1.91. The number of cyclic esters (lactones) is 1. The van der Waals surface area contributed by atoms with E-state index in [-0.39, 0.29) is 6.61 Å². The smallest absolute Gasteiger partial charge is 0.414 e. The van der Waals surface area contributed by atoms with Crippen molar-refractivity contribution in [1.82, 2.24) is 0 Å². The maximum Gasteiger partial charge on any atom is 0.414 e. The van der Waals surface area contributed by atoms with Crippen molar-refractivity contribution in [3.63, 3.8) is 0 Å². The Kier molecular flexibility index (Phi) is 2.67. The average Bonchev–Trinajstić information content (AvgIpc) is 2.32. The van der Waals surface area contributed by atoms with E-state index in [4.69, 9.17) is 15.0 Å². The highest BCUT2D eigenvalue weighted by Gasteiger charge is 2.46. The molecule has 76 valence electrons. The van der Waals surface area contributed by atoms with Gasteiger partial charge in [0.15, 0.2) is 0 Å². The van der Waals surface area contributed by atoms with Gasteiger partial charge in [-0.2, -0.15) is 4.79 Å². The molecule has 14 heavy (non-hydrogen) atoms. The van der Waals surface area contributed by atoms with Crippen LogP contribution in [0, 0.1) is 5.41 Å². The van der Waals surface area contributed by atoms with E-state index < -0.39 is 23.5 Å². The minimum absolute atomic E-state index is 0.208. The van der Waals surface area contributed by atoms with Gasteiger partial charge in [-0.25, -0.2) is 9.59 Å². The summed E-state index contributed by atoms with van der Waals surface area (Å²) in [6, 6.07) is 0. The van der Waals surface area contributed by atoms with Crippen molar-refractivity contribution in [2.45, 2.75) is 20.0 Å². The summed E-state index contributed by atoms with van der Waals surface area (Å²) in [6.07, 6.45) is -0.352. The number of esters is 2. The monoisotopic (exact) mass is 198 g/mol. The van der Waals surface area contributed by atoms with Crippen molar-refractivity contribution in [2.24, 2.45) is 5.41 Å². The first-order valence-electron chi connectivity index (χ1n) is 4.02. The van der Waals surface area contributed by atoms with Crippen LogP contribution >= 0.6 is 0 Å². The van der Waals surface area contributed by atoms with Gasteiger partial charge in [0.25, 0.3) is 0 Å². The lowest BCUT2D eigenvalue weighted by Crippen LogP contribution is -2.35. The molecule has 0 N–H and O–H groups in total. The Morgan fingerprint density at radius 1 is 1.79 bits per heavy atom. The van der Waals surface area contributed by atoms with Gasteiger partial charge in [0, 0.05) is 5.41 Å². The van der Waals surface area contributed by atoms with Gasteiger partial charge in [0.05, 0.1) is 0 Å². The molecule has 1 atom stereocenters. The van der Waals surface area contributed by atoms with Gasteiger partial charge in [0.1, 0.15) is 6.61 Å². The Hall–Kier alpha value is -1.68. The second-order valence-electron chi connectivity index (χ2n) is 3.66. The lowest BCUT2D eigenvalue weighted by atomic mass is 9.90. The molecule has 0 aliphatic carbocycles. The van der Waals surface area contributed by atoms with Crippen LogP contribution in [0.4, 0.5) is 0 Å². The van der Waals surface area contributed by atoms with Gasteiger partial charge >= 0.3 is 18.2 Å². The van der Waals surface area contributed by atoms with Gasteiger partial charge < -0.3 is 15.0 Å². The molecule has 1 rings (SSSR count). The lowest BCUT2D eigenvalue weighted by molar-refractivity contribution is -0.159. The Morgan fingerprint density at radius 2 is 2.43 bits per heavy atom. The second kappa shape index (κ2) is 3.59. The Morgan fingerprint density at radius 3 is 2.86 bits per heavy atom. The Bertz CT molecular complexity index is 317. The molecule has 0 amide bonds. The molecule has 6 heteroatoms. The number of carbonyl (C=O) groups is 2. The maximum atomic E-state index is 11.1. The Balaban J connectivity index is 2.72. The van der Waals surface area contributed by atoms with Gasteiger partial charge in [0.2, 0.25) is 6.10 Å². The molecular formula is C8H10N2O4. The number of hydrogen-bond acceptors (Lipinski definition) is 4. The molecule has 1 heterocycles. The summed E-state index contributed by atoms with van der Waals surface area (Å²) in [4.78, 5) is 24.5. The predicted octanol–water partition coefficient (Wildman–Crippen LogP) is -0.218. The summed E-state index contributed by atoms with van der Waals surface area (Å²) in [6.45, 7) is 3.69. The molecule has 1 saturated heterocycles. The molecule has 0 bridgehead atoms. The molecule has 1 unspecified atom stereocenters. The number of carbonyl (C=O) groups excluding carboxylic acids is 2. The van der Waals surface area contributed by atoms with Crippen LogP contribution in [-0.4, -0.2) is 35.7 Å². The molecule has 0 aromatic heterocycles. The molecule has 0 aromatic rings. The van der Waals surface area contributed by atoms with Crippen LogP contribution in [0.1, 0.15) is 13.8 Å². The van der Waals surface area contributed by atoms with E-state index in [0.717, 1.165) is 0 Å². The topological polar surface area (TPSA) is 89.0 Å². The fraction of sp³-hybridized carbons (Fsp3) is 0.625. The van der Waals surface area contributed by atoms with Crippen molar-refractivity contribution in [2.75, 3.05) is 6.61 Å². The summed E-state index contributed by atoms with van der Waals surface area (Å²) in [5.74, 6) is -1.45. The SMILES string of the molecule is CC1(C)COC(=O)C1OC(=O)C=[N+]=[N-]. The average molecular weight is 198 g/mol. The fourth-order valence-corrected chi connectivity index (χ4v) is 1.13. The highest BCUT2D eigenvalue weighted by atomic mass is 16.6. The van der Waals surface area contributed by atoms with Crippen LogP contribution in [-0.2, 0) is 19.1 Å². The first-order chi connectivity index (χ1) is 6.47. The van der Waals surface area contributed by atoms with Crippen molar-refractivity contribution < 1.29 is 23.9 Å². The molecule has 6 nitrogen and oxygen atoms in total. The van der Waals surface area contributed by atoms with E-state index in [2.05, 4.69) is 4.79 Å². The zero-order valence-corrected chi connectivity index (χ0v) is 7.89. The number of rotatable bonds is 2. The standard InChI is InChI=1S/C8H10N2O4/c1-8(2)4-13-7(12)6(8)14-5(11)3-10-9/h3,6H,4H2,1-2H3. The predicted molar refractivity (Wildman–Crippen MR) is 44.3 cm³/mol. The molecule has 1 fully saturated rings. The minimum Gasteiger partial charge on any atom is -0.462 e. The second-order valence-corrected chi connectivity index (χ2v) is 3.66. The van der Waals surface area contributed by atoms with E-state index in [1.54, 1.807) is 13.8 Å². The molecule has 0 spiro atoms. The van der Waals surface area contributed by atoms with E-state index in [1.807, 2.05) is 0 Å². The first-order valence-corrected chi connectivity index (χ1v) is 4.02. The number of nitrogens with zero attached hydrogens (tertiary/aromatic N) is 2. The largest absolute Gasteiger partial charge is 0.462 e. The zero-order chi connectivity index (χ0) is 10.8. The van der Waals surface area contributed by atoms with Crippen LogP contribution in [0.5, 0.6) is 0 Å². The minimum atomic E-state index is -0.937. The summed E-state index contributed by atoms with van der Waals surface area (Å²) >= 11 is 0. The highest BCUT2D eigenvalue weighted by molar-refractivity contribution is 6.21. The first kappa shape index (κ1) is 10.4. The van der Waals surface area contributed by atoms with Crippen LogP contribution in [0.2, 0.25) is 0 Å². The van der Waals surface area contributed by atoms with Crippen LogP contribution in [0.15, 0.2) is 0 Å². The molecule has 0 aromatic carbocycles. The third-order valence-corrected chi connectivity index (χ3v) is 1.91. The van der Waals surface area contributed by atoms with E-state index >= 15 is 0 Å². The van der Waals surface area contributed by atoms with Gasteiger partial charge in [-0.05, 0) is 0 Å². The number of ether oxygens (including phenoxy) is 2. The highest BCUT2D eigenvalue weighted by Crippen LogP contribution is 2.30. The Labute approximate surface area is 80.4 Å². The summed E-state index contributed by atoms with van der Waals surface area (Å²) < 4.78 is 9.49. The fourth-order valence-electron chi connectivity index (χ4n) is 1.13. The normalized spacial score (nSPS) is 23.6. The van der Waals surface area contributed by atoms with Gasteiger partial charge in [-0.3, -0.25) is 0 Å². The molecule has 1 aliphatic rings. The summed E-state index contributed by atoms with van der Waals surface area (Å²) in [5.41, 5.74) is 7.51. The summed E-state index contributed by atoms with van der Waals surface area (Å²) in [5, 5.41) is 0. The molecule has 0 saturated carbocycles. The quantitative estimate of drug-likeness (QED) is 0.265. The molecular weight excluding hydrogens is 188 g/mol. The van der Waals surface area contributed by atoms with Gasteiger partial charge in [-0.1, -0.05) is 13.8 Å². The summed E-state index contributed by atoms with van der Waals surface area (Å²) in [7, 11) is 0. The van der Waals surface area contributed by atoms with E-state index in [9.17, 15) is 9.59 Å².